The Kier molecular flexibility index (Phi) is 10.5. The van der Waals surface area contributed by atoms with E-state index in [0.717, 1.165) is 18.4 Å². The predicted molar refractivity (Wildman–Crippen MR) is 109 cm³/mol. The summed E-state index contributed by atoms with van der Waals surface area (Å²) in [6, 6.07) is 5.32. The molecule has 0 aliphatic heterocycles. The van der Waals surface area contributed by atoms with E-state index >= 15 is 0 Å². The molecule has 0 aromatic heterocycles. The van der Waals surface area contributed by atoms with Gasteiger partial charge in [0, 0.05) is 12.6 Å². The van der Waals surface area contributed by atoms with Crippen LogP contribution in [0.5, 0.6) is 11.5 Å². The molecule has 156 valence electrons. The molecule has 28 heavy (non-hydrogen) atoms. The van der Waals surface area contributed by atoms with Gasteiger partial charge < -0.3 is 24.8 Å². The fourth-order valence-electron chi connectivity index (χ4n) is 2.66. The maximum absolute atomic E-state index is 12.2. The molecular weight excluding hydrogens is 360 g/mol. The third-order valence-electron chi connectivity index (χ3n) is 3.87. The quantitative estimate of drug-likeness (QED) is 0.534. The molecule has 0 saturated carbocycles. The Bertz CT molecular complexity index is 646. The van der Waals surface area contributed by atoms with Crippen LogP contribution in [-0.4, -0.2) is 44.9 Å². The molecule has 2 amide bonds. The highest BCUT2D eigenvalue weighted by Crippen LogP contribution is 2.28. The predicted octanol–water partition coefficient (Wildman–Crippen LogP) is 3.08. The lowest BCUT2D eigenvalue weighted by atomic mass is 10.0. The molecule has 0 saturated heterocycles. The van der Waals surface area contributed by atoms with Crippen LogP contribution in [0.2, 0.25) is 0 Å². The number of carbonyl (C=O) groups excluding carboxylic acids is 2. The standard InChI is InChI=1S/C21H32N2O5/c1-6-8-16-9-10-18(19(12-16)26-5)28-14-20(24)22-13-17(11-15(3)4)23-21(25)27-7-2/h6,9-10,12,15,17H,1,7-8,11,13-14H2,2-5H3,(H,22,24)(H,23,25). The van der Waals surface area contributed by atoms with Crippen molar-refractivity contribution >= 4 is 12.0 Å². The number of rotatable bonds is 12. The topological polar surface area (TPSA) is 85.9 Å². The van der Waals surface area contributed by atoms with Gasteiger partial charge in [-0.15, -0.1) is 6.58 Å². The SMILES string of the molecule is C=CCc1ccc(OCC(=O)NCC(CC(C)C)NC(=O)OCC)c(OC)c1. The third kappa shape index (κ3) is 8.79. The minimum absolute atomic E-state index is 0.148. The summed E-state index contributed by atoms with van der Waals surface area (Å²) in [5.41, 5.74) is 1.05. The Labute approximate surface area is 167 Å². The maximum Gasteiger partial charge on any atom is 0.407 e. The van der Waals surface area contributed by atoms with Gasteiger partial charge in [0.15, 0.2) is 18.1 Å². The van der Waals surface area contributed by atoms with Crippen LogP contribution < -0.4 is 20.1 Å². The number of ether oxygens (including phenoxy) is 3. The van der Waals surface area contributed by atoms with Gasteiger partial charge in [0.25, 0.3) is 5.91 Å². The first-order chi connectivity index (χ1) is 13.4. The molecule has 1 aromatic rings. The van der Waals surface area contributed by atoms with E-state index in [0.29, 0.717) is 30.6 Å². The zero-order chi connectivity index (χ0) is 20.9. The van der Waals surface area contributed by atoms with E-state index in [9.17, 15) is 9.59 Å². The number of carbonyl (C=O) groups is 2. The van der Waals surface area contributed by atoms with Crippen LogP contribution in [0, 0.1) is 5.92 Å². The van der Waals surface area contributed by atoms with Crippen molar-refractivity contribution in [1.29, 1.82) is 0 Å². The summed E-state index contributed by atoms with van der Waals surface area (Å²) in [5.74, 6) is 1.14. The molecule has 0 spiro atoms. The zero-order valence-corrected chi connectivity index (χ0v) is 17.2. The number of hydrogen-bond acceptors (Lipinski definition) is 5. The molecule has 1 rings (SSSR count). The Morgan fingerprint density at radius 1 is 1.25 bits per heavy atom. The number of amides is 2. The van der Waals surface area contributed by atoms with E-state index in [4.69, 9.17) is 14.2 Å². The summed E-state index contributed by atoms with van der Waals surface area (Å²) in [6.07, 6.45) is 2.77. The average molecular weight is 392 g/mol. The highest BCUT2D eigenvalue weighted by molar-refractivity contribution is 5.77. The Hall–Kier alpha value is -2.70. The van der Waals surface area contributed by atoms with Gasteiger partial charge in [0.1, 0.15) is 0 Å². The number of hydrogen-bond donors (Lipinski definition) is 2. The zero-order valence-electron chi connectivity index (χ0n) is 17.2. The van der Waals surface area contributed by atoms with Gasteiger partial charge in [-0.3, -0.25) is 4.79 Å². The summed E-state index contributed by atoms with van der Waals surface area (Å²) in [6.45, 7) is 10.0. The lowest BCUT2D eigenvalue weighted by Gasteiger charge is -2.21. The summed E-state index contributed by atoms with van der Waals surface area (Å²) < 4.78 is 15.8. The van der Waals surface area contributed by atoms with Crippen LogP contribution in [0.15, 0.2) is 30.9 Å². The van der Waals surface area contributed by atoms with Gasteiger partial charge in [-0.25, -0.2) is 4.79 Å². The van der Waals surface area contributed by atoms with Gasteiger partial charge in [0.05, 0.1) is 13.7 Å². The fraction of sp³-hybridized carbons (Fsp3) is 0.524. The highest BCUT2D eigenvalue weighted by Gasteiger charge is 2.16. The van der Waals surface area contributed by atoms with Gasteiger partial charge in [-0.2, -0.15) is 0 Å². The normalized spacial score (nSPS) is 11.5. The number of allylic oxidation sites excluding steroid dienone is 1. The van der Waals surface area contributed by atoms with E-state index < -0.39 is 6.09 Å². The van der Waals surface area contributed by atoms with E-state index in [-0.39, 0.29) is 18.6 Å². The molecular formula is C21H32N2O5. The summed E-state index contributed by atoms with van der Waals surface area (Å²) in [4.78, 5) is 23.8. The van der Waals surface area contributed by atoms with Crippen molar-refractivity contribution in [1.82, 2.24) is 10.6 Å². The number of methoxy groups -OCH3 is 1. The molecule has 0 aliphatic rings. The first-order valence-electron chi connectivity index (χ1n) is 9.50. The average Bonchev–Trinajstić information content (AvgIpc) is 2.64. The van der Waals surface area contributed by atoms with Crippen LogP contribution in [0.1, 0.15) is 32.8 Å². The molecule has 0 heterocycles. The van der Waals surface area contributed by atoms with E-state index in [1.165, 1.54) is 0 Å². The molecule has 7 heteroatoms. The summed E-state index contributed by atoms with van der Waals surface area (Å²) in [7, 11) is 1.55. The Morgan fingerprint density at radius 3 is 2.61 bits per heavy atom. The van der Waals surface area contributed by atoms with Crippen molar-refractivity contribution in [3.05, 3.63) is 36.4 Å². The van der Waals surface area contributed by atoms with E-state index in [2.05, 4.69) is 17.2 Å². The van der Waals surface area contributed by atoms with Crippen molar-refractivity contribution in [2.75, 3.05) is 26.9 Å². The smallest absolute Gasteiger partial charge is 0.407 e. The van der Waals surface area contributed by atoms with E-state index in [1.54, 1.807) is 26.2 Å². The number of benzene rings is 1. The van der Waals surface area contributed by atoms with Crippen molar-refractivity contribution in [2.24, 2.45) is 5.92 Å². The lowest BCUT2D eigenvalue weighted by molar-refractivity contribution is -0.123. The van der Waals surface area contributed by atoms with E-state index in [1.807, 2.05) is 26.0 Å². The highest BCUT2D eigenvalue weighted by atomic mass is 16.5. The second-order valence-electron chi connectivity index (χ2n) is 6.76. The molecule has 1 unspecified atom stereocenters. The molecule has 1 atom stereocenters. The Morgan fingerprint density at radius 2 is 2.00 bits per heavy atom. The minimum Gasteiger partial charge on any atom is -0.493 e. The molecule has 1 aromatic carbocycles. The molecule has 0 bridgehead atoms. The second kappa shape index (κ2) is 12.6. The van der Waals surface area contributed by atoms with Crippen molar-refractivity contribution in [3.8, 4) is 11.5 Å². The molecule has 0 radical (unpaired) electrons. The molecule has 0 aliphatic carbocycles. The van der Waals surface area contributed by atoms with Gasteiger partial charge in [-0.1, -0.05) is 26.0 Å². The largest absolute Gasteiger partial charge is 0.493 e. The molecule has 7 nitrogen and oxygen atoms in total. The number of nitrogens with one attached hydrogen (secondary N) is 2. The first kappa shape index (κ1) is 23.3. The van der Waals surface area contributed by atoms with Gasteiger partial charge in [-0.05, 0) is 43.4 Å². The van der Waals surface area contributed by atoms with Crippen LogP contribution >= 0.6 is 0 Å². The lowest BCUT2D eigenvalue weighted by Crippen LogP contribution is -2.45. The number of alkyl carbamates (subject to hydrolysis) is 1. The fourth-order valence-corrected chi connectivity index (χ4v) is 2.66. The minimum atomic E-state index is -0.483. The maximum atomic E-state index is 12.2. The third-order valence-corrected chi connectivity index (χ3v) is 3.87. The summed E-state index contributed by atoms with van der Waals surface area (Å²) in [5, 5.41) is 5.56. The van der Waals surface area contributed by atoms with Crippen molar-refractivity contribution < 1.29 is 23.8 Å². The van der Waals surface area contributed by atoms with Crippen molar-refractivity contribution in [3.63, 3.8) is 0 Å². The second-order valence-corrected chi connectivity index (χ2v) is 6.76. The van der Waals surface area contributed by atoms with Gasteiger partial charge in [0.2, 0.25) is 0 Å². The molecule has 0 fully saturated rings. The summed E-state index contributed by atoms with van der Waals surface area (Å²) >= 11 is 0. The molecule has 2 N–H and O–H groups in total. The monoisotopic (exact) mass is 392 g/mol. The Balaban J connectivity index is 2.55. The van der Waals surface area contributed by atoms with Crippen LogP contribution in [0.25, 0.3) is 0 Å². The van der Waals surface area contributed by atoms with Gasteiger partial charge >= 0.3 is 6.09 Å². The van der Waals surface area contributed by atoms with Crippen molar-refractivity contribution in [2.45, 2.75) is 39.7 Å². The van der Waals surface area contributed by atoms with Crippen LogP contribution in [-0.2, 0) is 16.0 Å². The van der Waals surface area contributed by atoms with Crippen LogP contribution in [0.3, 0.4) is 0 Å². The first-order valence-corrected chi connectivity index (χ1v) is 9.50. The van der Waals surface area contributed by atoms with Crippen LogP contribution in [0.4, 0.5) is 4.79 Å².